The van der Waals surface area contributed by atoms with E-state index < -0.39 is 5.97 Å². The van der Waals surface area contributed by atoms with Crippen molar-refractivity contribution in [2.45, 2.75) is 4.90 Å². The molecule has 1 aromatic rings. The summed E-state index contributed by atoms with van der Waals surface area (Å²) in [4.78, 5) is 24.5. The Labute approximate surface area is 95.9 Å². The smallest absolute Gasteiger partial charge is 0.345 e. The van der Waals surface area contributed by atoms with Crippen LogP contribution in [0.15, 0.2) is 16.3 Å². The average molecular weight is 245 g/mol. The number of carboxylic acid groups (broad SMARTS) is 1. The summed E-state index contributed by atoms with van der Waals surface area (Å²) in [6, 6.07) is 1.58. The Kier molecular flexibility index (Phi) is 4.16. The van der Waals surface area contributed by atoms with Crippen molar-refractivity contribution in [2.75, 3.05) is 19.8 Å². The van der Waals surface area contributed by atoms with Crippen molar-refractivity contribution >= 4 is 35.0 Å². The molecule has 0 spiro atoms. The van der Waals surface area contributed by atoms with Gasteiger partial charge >= 0.3 is 5.97 Å². The second-order valence-corrected chi connectivity index (χ2v) is 4.99. The molecule has 0 aromatic carbocycles. The first-order valence-corrected chi connectivity index (χ1v) is 6.02. The summed E-state index contributed by atoms with van der Waals surface area (Å²) in [6.07, 6.45) is 0. The number of thiophene rings is 1. The molecule has 1 rings (SSSR count). The Hall–Kier alpha value is -1.01. The summed E-state index contributed by atoms with van der Waals surface area (Å²) in [5, 5.41) is 10.4. The molecule has 0 radical (unpaired) electrons. The van der Waals surface area contributed by atoms with Crippen LogP contribution in [0.2, 0.25) is 0 Å². The molecule has 0 aliphatic carbocycles. The van der Waals surface area contributed by atoms with Crippen LogP contribution in [0, 0.1) is 0 Å². The molecule has 0 saturated heterocycles. The normalized spacial score (nSPS) is 10.0. The van der Waals surface area contributed by atoms with Crippen LogP contribution in [0.5, 0.6) is 0 Å². The zero-order valence-electron chi connectivity index (χ0n) is 8.39. The molecule has 0 bridgehead atoms. The van der Waals surface area contributed by atoms with E-state index in [9.17, 15) is 9.59 Å². The van der Waals surface area contributed by atoms with Crippen LogP contribution in [-0.2, 0) is 4.79 Å². The van der Waals surface area contributed by atoms with E-state index in [1.807, 2.05) is 0 Å². The first kappa shape index (κ1) is 12.1. The van der Waals surface area contributed by atoms with E-state index in [-0.39, 0.29) is 5.91 Å². The van der Waals surface area contributed by atoms with Gasteiger partial charge in [0.15, 0.2) is 0 Å². The number of carbonyl (C=O) groups excluding carboxylic acids is 1. The fourth-order valence-corrected chi connectivity index (χ4v) is 2.63. The zero-order chi connectivity index (χ0) is 11.4. The SMILES string of the molecule is CN(C)C(=O)CSc1csc(C(=O)O)c1. The van der Waals surface area contributed by atoms with Crippen LogP contribution in [0.1, 0.15) is 9.67 Å². The molecule has 1 amide bonds. The van der Waals surface area contributed by atoms with Crippen molar-refractivity contribution in [3.05, 3.63) is 16.3 Å². The molecule has 1 N–H and O–H groups in total. The van der Waals surface area contributed by atoms with E-state index in [0.717, 1.165) is 4.90 Å². The summed E-state index contributed by atoms with van der Waals surface area (Å²) in [7, 11) is 3.39. The molecule has 0 aliphatic heterocycles. The van der Waals surface area contributed by atoms with Gasteiger partial charge in [-0.05, 0) is 6.07 Å². The molecule has 0 atom stereocenters. The van der Waals surface area contributed by atoms with Gasteiger partial charge < -0.3 is 10.0 Å². The standard InChI is InChI=1S/C9H11NO3S2/c1-10(2)8(11)5-14-6-3-7(9(12)13)15-4-6/h3-4H,5H2,1-2H3,(H,12,13). The second-order valence-electron chi connectivity index (χ2n) is 3.03. The molecular weight excluding hydrogens is 234 g/mol. The molecule has 1 aromatic heterocycles. The Balaban J connectivity index is 2.51. The molecule has 15 heavy (non-hydrogen) atoms. The highest BCUT2D eigenvalue weighted by Gasteiger charge is 2.09. The van der Waals surface area contributed by atoms with Crippen molar-refractivity contribution in [1.82, 2.24) is 4.90 Å². The molecule has 0 fully saturated rings. The lowest BCUT2D eigenvalue weighted by Gasteiger charge is -2.08. The quantitative estimate of drug-likeness (QED) is 0.819. The highest BCUT2D eigenvalue weighted by Crippen LogP contribution is 2.24. The molecule has 0 unspecified atom stereocenters. The van der Waals surface area contributed by atoms with E-state index >= 15 is 0 Å². The molecule has 82 valence electrons. The van der Waals surface area contributed by atoms with Crippen LogP contribution >= 0.6 is 23.1 Å². The van der Waals surface area contributed by atoms with E-state index in [4.69, 9.17) is 5.11 Å². The van der Waals surface area contributed by atoms with Gasteiger partial charge in [0.05, 0.1) is 5.75 Å². The van der Waals surface area contributed by atoms with Gasteiger partial charge in [0, 0.05) is 24.4 Å². The van der Waals surface area contributed by atoms with Crippen LogP contribution in [0.25, 0.3) is 0 Å². The highest BCUT2D eigenvalue weighted by molar-refractivity contribution is 8.00. The first-order chi connectivity index (χ1) is 7.00. The van der Waals surface area contributed by atoms with Crippen LogP contribution in [0.3, 0.4) is 0 Å². The predicted octanol–water partition coefficient (Wildman–Crippen LogP) is 1.63. The maximum absolute atomic E-state index is 11.2. The van der Waals surface area contributed by atoms with Gasteiger partial charge in [0.25, 0.3) is 0 Å². The fraction of sp³-hybridized carbons (Fsp3) is 0.333. The Bertz CT molecular complexity index is 373. The lowest BCUT2D eigenvalue weighted by molar-refractivity contribution is -0.125. The number of rotatable bonds is 4. The zero-order valence-corrected chi connectivity index (χ0v) is 10.0. The molecule has 0 saturated carbocycles. The van der Waals surface area contributed by atoms with Crippen molar-refractivity contribution in [1.29, 1.82) is 0 Å². The van der Waals surface area contributed by atoms with E-state index in [2.05, 4.69) is 0 Å². The molecule has 1 heterocycles. The van der Waals surface area contributed by atoms with Gasteiger partial charge in [-0.3, -0.25) is 4.79 Å². The highest BCUT2D eigenvalue weighted by atomic mass is 32.2. The number of nitrogens with zero attached hydrogens (tertiary/aromatic N) is 1. The van der Waals surface area contributed by atoms with E-state index in [0.29, 0.717) is 10.6 Å². The predicted molar refractivity (Wildman–Crippen MR) is 60.7 cm³/mol. The van der Waals surface area contributed by atoms with Crippen molar-refractivity contribution in [3.63, 3.8) is 0 Å². The third-order valence-electron chi connectivity index (χ3n) is 1.65. The Morgan fingerprint density at radius 1 is 1.53 bits per heavy atom. The number of hydrogen-bond donors (Lipinski definition) is 1. The Morgan fingerprint density at radius 3 is 2.67 bits per heavy atom. The van der Waals surface area contributed by atoms with Crippen molar-refractivity contribution in [3.8, 4) is 0 Å². The second kappa shape index (κ2) is 5.18. The summed E-state index contributed by atoms with van der Waals surface area (Å²) in [5.41, 5.74) is 0. The average Bonchev–Trinajstić information content (AvgIpc) is 2.62. The number of hydrogen-bond acceptors (Lipinski definition) is 4. The Morgan fingerprint density at radius 2 is 2.20 bits per heavy atom. The number of thioether (sulfide) groups is 1. The summed E-state index contributed by atoms with van der Waals surface area (Å²) < 4.78 is 0. The molecule has 0 aliphatic rings. The largest absolute Gasteiger partial charge is 0.477 e. The van der Waals surface area contributed by atoms with Crippen LogP contribution in [-0.4, -0.2) is 41.7 Å². The summed E-state index contributed by atoms with van der Waals surface area (Å²) >= 11 is 2.52. The number of carbonyl (C=O) groups is 2. The topological polar surface area (TPSA) is 57.6 Å². The maximum Gasteiger partial charge on any atom is 0.345 e. The third-order valence-corrected chi connectivity index (χ3v) is 3.68. The summed E-state index contributed by atoms with van der Waals surface area (Å²) in [6.45, 7) is 0. The van der Waals surface area contributed by atoms with Gasteiger partial charge in [-0.1, -0.05) is 0 Å². The number of carboxylic acids is 1. The molecule has 4 nitrogen and oxygen atoms in total. The van der Waals surface area contributed by atoms with E-state index in [1.54, 1.807) is 25.5 Å². The maximum atomic E-state index is 11.2. The minimum atomic E-state index is -0.925. The van der Waals surface area contributed by atoms with Crippen molar-refractivity contribution in [2.24, 2.45) is 0 Å². The van der Waals surface area contributed by atoms with Gasteiger partial charge in [-0.15, -0.1) is 23.1 Å². The molecular formula is C9H11NO3S2. The lowest BCUT2D eigenvalue weighted by atomic mass is 10.5. The van der Waals surface area contributed by atoms with Crippen LogP contribution in [0.4, 0.5) is 0 Å². The van der Waals surface area contributed by atoms with Gasteiger partial charge in [0.1, 0.15) is 4.88 Å². The van der Waals surface area contributed by atoms with Gasteiger partial charge in [0.2, 0.25) is 5.91 Å². The lowest BCUT2D eigenvalue weighted by Crippen LogP contribution is -2.23. The fourth-order valence-electron chi connectivity index (χ4n) is 0.781. The molecule has 6 heteroatoms. The van der Waals surface area contributed by atoms with E-state index in [1.165, 1.54) is 28.0 Å². The monoisotopic (exact) mass is 245 g/mol. The van der Waals surface area contributed by atoms with Crippen molar-refractivity contribution < 1.29 is 14.7 Å². The minimum absolute atomic E-state index is 0.0167. The van der Waals surface area contributed by atoms with Gasteiger partial charge in [-0.25, -0.2) is 4.79 Å². The van der Waals surface area contributed by atoms with Gasteiger partial charge in [-0.2, -0.15) is 0 Å². The van der Waals surface area contributed by atoms with Crippen LogP contribution < -0.4 is 0 Å². The summed E-state index contributed by atoms with van der Waals surface area (Å²) in [5.74, 6) is -0.572. The number of aromatic carboxylic acids is 1. The first-order valence-electron chi connectivity index (χ1n) is 4.15. The number of amides is 1. The minimum Gasteiger partial charge on any atom is -0.477 e. The third kappa shape index (κ3) is 3.56.